The number of ether oxygens (including phenoxy) is 1. The second kappa shape index (κ2) is 10.2. The molecule has 0 radical (unpaired) electrons. The van der Waals surface area contributed by atoms with Gasteiger partial charge in [-0.25, -0.2) is 21.2 Å². The topological polar surface area (TPSA) is 125 Å². The Morgan fingerprint density at radius 2 is 1.71 bits per heavy atom. The molecule has 3 aromatic carbocycles. The van der Waals surface area contributed by atoms with Gasteiger partial charge >= 0.3 is 5.69 Å². The van der Waals surface area contributed by atoms with E-state index >= 15 is 0 Å². The maximum atomic E-state index is 14.6. The van der Waals surface area contributed by atoms with Crippen molar-refractivity contribution in [3.05, 3.63) is 111 Å². The van der Waals surface area contributed by atoms with Crippen LogP contribution in [0, 0.1) is 28.7 Å². The number of nitro groups is 1. The second-order valence-electron chi connectivity index (χ2n) is 9.17. The van der Waals surface area contributed by atoms with E-state index in [0.29, 0.717) is 6.07 Å². The Hall–Kier alpha value is -5.04. The van der Waals surface area contributed by atoms with Gasteiger partial charge in [0.05, 0.1) is 9.82 Å². The standard InChI is InChI=1S/C28H22F2N4O6S/c1-16-4-7-18(8-5-16)41(38,39)33-13-12-19-21(15-32(3)28(35)25(19)33)20-9-10-23(31-2)26(34(36)37)27(20)40-24-11-6-17(29)14-22(24)30/h4-15,31H,1-3H3. The lowest BCUT2D eigenvalue weighted by molar-refractivity contribution is -0.384. The van der Waals surface area contributed by atoms with Crippen molar-refractivity contribution in [2.24, 2.45) is 7.05 Å². The fourth-order valence-corrected chi connectivity index (χ4v) is 5.85. The first-order valence-corrected chi connectivity index (χ1v) is 13.5. The van der Waals surface area contributed by atoms with Gasteiger partial charge in [0, 0.05) is 49.1 Å². The first kappa shape index (κ1) is 27.5. The van der Waals surface area contributed by atoms with Crippen molar-refractivity contribution in [2.45, 2.75) is 11.8 Å². The Balaban J connectivity index is 1.82. The van der Waals surface area contributed by atoms with E-state index in [1.807, 2.05) is 0 Å². The van der Waals surface area contributed by atoms with E-state index in [1.165, 1.54) is 56.8 Å². The van der Waals surface area contributed by atoms with Crippen molar-refractivity contribution in [3.63, 3.8) is 0 Å². The minimum absolute atomic E-state index is 0.0388. The molecule has 0 bridgehead atoms. The highest BCUT2D eigenvalue weighted by Gasteiger charge is 2.29. The monoisotopic (exact) mass is 580 g/mol. The van der Waals surface area contributed by atoms with Crippen molar-refractivity contribution >= 4 is 32.3 Å². The van der Waals surface area contributed by atoms with Crippen LogP contribution in [-0.2, 0) is 17.1 Å². The molecule has 0 spiro atoms. The van der Waals surface area contributed by atoms with Gasteiger partial charge in [-0.3, -0.25) is 14.9 Å². The molecule has 5 aromatic rings. The van der Waals surface area contributed by atoms with E-state index in [2.05, 4.69) is 5.32 Å². The summed E-state index contributed by atoms with van der Waals surface area (Å²) in [5, 5.41) is 15.1. The predicted molar refractivity (Wildman–Crippen MR) is 149 cm³/mol. The van der Waals surface area contributed by atoms with Crippen LogP contribution in [0.1, 0.15) is 5.56 Å². The molecular weight excluding hydrogens is 558 g/mol. The number of nitro benzene ring substituents is 1. The number of fused-ring (bicyclic) bond motifs is 1. The van der Waals surface area contributed by atoms with Crippen molar-refractivity contribution in [3.8, 4) is 22.6 Å². The van der Waals surface area contributed by atoms with Crippen LogP contribution in [-0.4, -0.2) is 28.9 Å². The zero-order chi connectivity index (χ0) is 29.6. The normalized spacial score (nSPS) is 11.5. The van der Waals surface area contributed by atoms with Crippen LogP contribution in [0.5, 0.6) is 11.5 Å². The highest BCUT2D eigenvalue weighted by molar-refractivity contribution is 7.90. The number of anilines is 1. The number of nitrogens with zero attached hydrogens (tertiary/aromatic N) is 3. The molecule has 0 fully saturated rings. The van der Waals surface area contributed by atoms with Crippen molar-refractivity contribution in [1.82, 2.24) is 8.54 Å². The van der Waals surface area contributed by atoms with Gasteiger partial charge in [0.1, 0.15) is 17.0 Å². The number of benzene rings is 3. The number of pyridine rings is 1. The maximum Gasteiger partial charge on any atom is 0.335 e. The molecular formula is C28H22F2N4O6S. The van der Waals surface area contributed by atoms with Gasteiger partial charge in [-0.15, -0.1) is 0 Å². The lowest BCUT2D eigenvalue weighted by Crippen LogP contribution is -2.22. The molecule has 10 nitrogen and oxygen atoms in total. The highest BCUT2D eigenvalue weighted by atomic mass is 32.2. The van der Waals surface area contributed by atoms with E-state index < -0.39 is 49.3 Å². The molecule has 0 atom stereocenters. The molecule has 41 heavy (non-hydrogen) atoms. The van der Waals surface area contributed by atoms with E-state index in [4.69, 9.17) is 4.74 Å². The van der Waals surface area contributed by atoms with Crippen molar-refractivity contribution in [2.75, 3.05) is 12.4 Å². The molecule has 0 amide bonds. The maximum absolute atomic E-state index is 14.6. The quantitative estimate of drug-likeness (QED) is 0.197. The third-order valence-corrected chi connectivity index (χ3v) is 8.24. The van der Waals surface area contributed by atoms with E-state index in [9.17, 15) is 32.1 Å². The summed E-state index contributed by atoms with van der Waals surface area (Å²) < 4.78 is 63.0. The van der Waals surface area contributed by atoms with Crippen LogP contribution in [0.25, 0.3) is 22.0 Å². The lowest BCUT2D eigenvalue weighted by Gasteiger charge is -2.16. The van der Waals surface area contributed by atoms with Crippen LogP contribution in [0.15, 0.2) is 82.7 Å². The fourth-order valence-electron chi connectivity index (χ4n) is 4.51. The number of hydrogen-bond donors (Lipinski definition) is 1. The minimum Gasteiger partial charge on any atom is -0.446 e. The van der Waals surface area contributed by atoms with Gasteiger partial charge in [0.15, 0.2) is 11.6 Å². The van der Waals surface area contributed by atoms with Gasteiger partial charge in [-0.2, -0.15) is 0 Å². The average molecular weight is 581 g/mol. The highest BCUT2D eigenvalue weighted by Crippen LogP contribution is 2.46. The molecule has 13 heteroatoms. The number of aromatic nitrogens is 2. The molecule has 5 rings (SSSR count). The van der Waals surface area contributed by atoms with Gasteiger partial charge in [0.2, 0.25) is 5.75 Å². The third kappa shape index (κ3) is 4.69. The molecule has 0 saturated heterocycles. The Morgan fingerprint density at radius 1 is 1.00 bits per heavy atom. The van der Waals surface area contributed by atoms with E-state index in [0.717, 1.165) is 26.2 Å². The molecule has 1 N–H and O–H groups in total. The molecule has 0 aliphatic rings. The van der Waals surface area contributed by atoms with Crippen LogP contribution in [0.3, 0.4) is 0 Å². The lowest BCUT2D eigenvalue weighted by atomic mass is 10.0. The summed E-state index contributed by atoms with van der Waals surface area (Å²) in [6, 6.07) is 12.9. The Kier molecular flexibility index (Phi) is 6.83. The summed E-state index contributed by atoms with van der Waals surface area (Å²) in [4.78, 5) is 24.7. The summed E-state index contributed by atoms with van der Waals surface area (Å²) in [5.41, 5.74) is -0.257. The van der Waals surface area contributed by atoms with Crippen molar-refractivity contribution in [1.29, 1.82) is 0 Å². The molecule has 210 valence electrons. The molecule has 0 aliphatic heterocycles. The van der Waals surface area contributed by atoms with Crippen LogP contribution < -0.4 is 15.6 Å². The van der Waals surface area contributed by atoms with Crippen LogP contribution in [0.2, 0.25) is 0 Å². The van der Waals surface area contributed by atoms with E-state index in [-0.39, 0.29) is 32.6 Å². The van der Waals surface area contributed by atoms with Gasteiger partial charge in [-0.1, -0.05) is 17.7 Å². The molecule has 0 saturated carbocycles. The summed E-state index contributed by atoms with van der Waals surface area (Å²) in [5.74, 6) is -2.85. The number of halogens is 2. The smallest absolute Gasteiger partial charge is 0.335 e. The number of rotatable bonds is 7. The molecule has 2 aromatic heterocycles. The Labute approximate surface area is 232 Å². The molecule has 2 heterocycles. The average Bonchev–Trinajstić information content (AvgIpc) is 3.39. The summed E-state index contributed by atoms with van der Waals surface area (Å²) in [6.07, 6.45) is 2.60. The van der Waals surface area contributed by atoms with Gasteiger partial charge in [-0.05, 0) is 49.4 Å². The van der Waals surface area contributed by atoms with E-state index in [1.54, 1.807) is 19.1 Å². The largest absolute Gasteiger partial charge is 0.446 e. The van der Waals surface area contributed by atoms with Gasteiger partial charge < -0.3 is 14.6 Å². The molecule has 0 aliphatic carbocycles. The summed E-state index contributed by atoms with van der Waals surface area (Å²) in [7, 11) is -1.36. The van der Waals surface area contributed by atoms with Gasteiger partial charge in [0.25, 0.3) is 15.6 Å². The fraction of sp³-hybridized carbons (Fsp3) is 0.107. The first-order valence-electron chi connectivity index (χ1n) is 12.1. The zero-order valence-electron chi connectivity index (χ0n) is 21.9. The number of hydrogen-bond acceptors (Lipinski definition) is 7. The second-order valence-corrected chi connectivity index (χ2v) is 11.0. The number of nitrogens with one attached hydrogen (secondary N) is 1. The van der Waals surface area contributed by atoms with Crippen molar-refractivity contribution < 1.29 is 26.9 Å². The van der Waals surface area contributed by atoms with Crippen LogP contribution >= 0.6 is 0 Å². The van der Waals surface area contributed by atoms with Crippen LogP contribution in [0.4, 0.5) is 20.2 Å². The number of aryl methyl sites for hydroxylation is 2. The predicted octanol–water partition coefficient (Wildman–Crippen LogP) is 5.57. The molecule has 0 unspecified atom stereocenters. The minimum atomic E-state index is -4.21. The Morgan fingerprint density at radius 3 is 2.34 bits per heavy atom. The third-order valence-electron chi connectivity index (χ3n) is 6.55. The summed E-state index contributed by atoms with van der Waals surface area (Å²) >= 11 is 0. The first-order chi connectivity index (χ1) is 19.4. The summed E-state index contributed by atoms with van der Waals surface area (Å²) in [6.45, 7) is 1.81. The zero-order valence-corrected chi connectivity index (χ0v) is 22.7. The Bertz CT molecular complexity index is 2020. The SMILES string of the molecule is CNc1ccc(-c2cn(C)c(=O)c3c2ccn3S(=O)(=O)c2ccc(C)cc2)c(Oc2ccc(F)cc2F)c1[N+](=O)[O-].